The maximum absolute atomic E-state index is 13.1. The van der Waals surface area contributed by atoms with Gasteiger partial charge in [0.15, 0.2) is 5.41 Å². The van der Waals surface area contributed by atoms with Gasteiger partial charge in [-0.2, -0.15) is 13.2 Å². The number of likely N-dealkylation sites (tertiary alicyclic amines) is 1. The quantitative estimate of drug-likeness (QED) is 0.850. The predicted octanol–water partition coefficient (Wildman–Crippen LogP) is 3.07. The number of amides is 1. The first-order valence-corrected chi connectivity index (χ1v) is 7.57. The summed E-state index contributed by atoms with van der Waals surface area (Å²) in [5.41, 5.74) is -2.81. The standard InChI is InChI=1S/C15H22F3NO3/c1-13(2)5-3-4-10(8-13)11(20)19-7-6-14(9-19,12(21)22)15(16,17)18/h10H,3-9H2,1-2H3,(H,21,22). The normalized spacial score (nSPS) is 32.0. The SMILES string of the molecule is CC1(C)CCCC(C(=O)N2CCC(C(=O)O)(C(F)(F)F)C2)C1. The number of aliphatic carboxylic acids is 1. The second kappa shape index (κ2) is 5.42. The summed E-state index contributed by atoms with van der Waals surface area (Å²) in [6.45, 7) is 3.20. The topological polar surface area (TPSA) is 57.6 Å². The van der Waals surface area contributed by atoms with Gasteiger partial charge in [-0.05, 0) is 31.1 Å². The van der Waals surface area contributed by atoms with Crippen LogP contribution in [0.3, 0.4) is 0 Å². The van der Waals surface area contributed by atoms with Crippen molar-refractivity contribution in [2.75, 3.05) is 13.1 Å². The van der Waals surface area contributed by atoms with Crippen molar-refractivity contribution in [1.29, 1.82) is 0 Å². The summed E-state index contributed by atoms with van der Waals surface area (Å²) < 4.78 is 39.4. The maximum atomic E-state index is 13.1. The molecule has 0 aromatic rings. The Balaban J connectivity index is 2.12. The molecular weight excluding hydrogens is 299 g/mol. The number of rotatable bonds is 2. The number of alkyl halides is 3. The van der Waals surface area contributed by atoms with Crippen molar-refractivity contribution in [2.24, 2.45) is 16.7 Å². The molecule has 0 radical (unpaired) electrons. The van der Waals surface area contributed by atoms with Gasteiger partial charge >= 0.3 is 12.1 Å². The van der Waals surface area contributed by atoms with Gasteiger partial charge in [0.05, 0.1) is 0 Å². The largest absolute Gasteiger partial charge is 0.481 e. The molecule has 22 heavy (non-hydrogen) atoms. The summed E-state index contributed by atoms with van der Waals surface area (Å²) in [5.74, 6) is -2.50. The highest BCUT2D eigenvalue weighted by Crippen LogP contribution is 2.47. The number of hydrogen-bond acceptors (Lipinski definition) is 2. The first-order chi connectivity index (χ1) is 9.98. The minimum atomic E-state index is -4.85. The molecule has 1 aliphatic heterocycles. The van der Waals surface area contributed by atoms with Gasteiger partial charge in [-0.25, -0.2) is 0 Å². The Morgan fingerprint density at radius 2 is 1.86 bits per heavy atom. The number of halogens is 3. The van der Waals surface area contributed by atoms with Crippen LogP contribution in [0, 0.1) is 16.7 Å². The Kier molecular flexibility index (Phi) is 4.21. The summed E-state index contributed by atoms with van der Waals surface area (Å²) in [7, 11) is 0. The Labute approximate surface area is 127 Å². The van der Waals surface area contributed by atoms with Gasteiger partial charge in [-0.1, -0.05) is 20.3 Å². The smallest absolute Gasteiger partial charge is 0.406 e. The second-order valence-electron chi connectivity index (χ2n) is 7.35. The van der Waals surface area contributed by atoms with Crippen molar-refractivity contribution in [1.82, 2.24) is 4.90 Å². The number of carboxylic acid groups (broad SMARTS) is 1. The molecule has 2 aliphatic rings. The van der Waals surface area contributed by atoms with Crippen LogP contribution in [0.15, 0.2) is 0 Å². The molecule has 0 spiro atoms. The van der Waals surface area contributed by atoms with Gasteiger partial charge in [0.2, 0.25) is 5.91 Å². The van der Waals surface area contributed by atoms with Crippen molar-refractivity contribution in [2.45, 2.75) is 52.1 Å². The van der Waals surface area contributed by atoms with Crippen molar-refractivity contribution < 1.29 is 27.9 Å². The first-order valence-electron chi connectivity index (χ1n) is 7.57. The third-order valence-corrected chi connectivity index (χ3v) is 5.09. The van der Waals surface area contributed by atoms with Crippen LogP contribution in [-0.2, 0) is 9.59 Å². The van der Waals surface area contributed by atoms with Gasteiger partial charge in [-0.15, -0.1) is 0 Å². The number of carbonyl (C=O) groups is 2. The van der Waals surface area contributed by atoms with E-state index in [0.717, 1.165) is 17.7 Å². The van der Waals surface area contributed by atoms with Crippen molar-refractivity contribution >= 4 is 11.9 Å². The first kappa shape index (κ1) is 17.1. The molecular formula is C15H22F3NO3. The molecule has 4 nitrogen and oxygen atoms in total. The fourth-order valence-corrected chi connectivity index (χ4v) is 3.69. The van der Waals surface area contributed by atoms with Crippen LogP contribution in [0.25, 0.3) is 0 Å². The van der Waals surface area contributed by atoms with Crippen LogP contribution < -0.4 is 0 Å². The zero-order valence-electron chi connectivity index (χ0n) is 12.9. The number of nitrogens with zero attached hydrogens (tertiary/aromatic N) is 1. The monoisotopic (exact) mass is 321 g/mol. The average Bonchev–Trinajstić information content (AvgIpc) is 2.82. The molecule has 1 N–H and O–H groups in total. The van der Waals surface area contributed by atoms with Crippen LogP contribution >= 0.6 is 0 Å². The molecule has 0 bridgehead atoms. The minimum Gasteiger partial charge on any atom is -0.481 e. The van der Waals surface area contributed by atoms with E-state index >= 15 is 0 Å². The van der Waals surface area contributed by atoms with Crippen molar-refractivity contribution in [3.05, 3.63) is 0 Å². The third kappa shape index (κ3) is 2.94. The van der Waals surface area contributed by atoms with E-state index in [9.17, 15) is 22.8 Å². The molecule has 1 heterocycles. The summed E-state index contributed by atoms with van der Waals surface area (Å²) >= 11 is 0. The second-order valence-corrected chi connectivity index (χ2v) is 7.35. The number of carboxylic acids is 1. The van der Waals surface area contributed by atoms with Crippen LogP contribution in [0.1, 0.15) is 46.0 Å². The summed E-state index contributed by atoms with van der Waals surface area (Å²) in [5, 5.41) is 9.03. The molecule has 2 rings (SSSR count). The van der Waals surface area contributed by atoms with Crippen LogP contribution in [-0.4, -0.2) is 41.1 Å². The molecule has 2 atom stereocenters. The molecule has 2 unspecified atom stereocenters. The van der Waals surface area contributed by atoms with Gasteiger partial charge < -0.3 is 10.0 Å². The molecule has 0 aromatic carbocycles. The van der Waals surface area contributed by atoms with Gasteiger partial charge in [0.1, 0.15) is 0 Å². The molecule has 1 saturated carbocycles. The lowest BCUT2D eigenvalue weighted by Crippen LogP contribution is -2.48. The fourth-order valence-electron chi connectivity index (χ4n) is 3.69. The van der Waals surface area contributed by atoms with E-state index < -0.39 is 30.5 Å². The molecule has 7 heteroatoms. The fraction of sp³-hybridized carbons (Fsp3) is 0.867. The molecule has 1 amide bonds. The van der Waals surface area contributed by atoms with Crippen LogP contribution in [0.5, 0.6) is 0 Å². The molecule has 0 aromatic heterocycles. The predicted molar refractivity (Wildman–Crippen MR) is 73.1 cm³/mol. The highest BCUT2D eigenvalue weighted by atomic mass is 19.4. The Bertz CT molecular complexity index is 475. The number of hydrogen-bond donors (Lipinski definition) is 1. The van der Waals surface area contributed by atoms with Crippen LogP contribution in [0.2, 0.25) is 0 Å². The molecule has 1 aliphatic carbocycles. The Morgan fingerprint density at radius 1 is 1.23 bits per heavy atom. The lowest BCUT2D eigenvalue weighted by atomic mass is 9.72. The highest BCUT2D eigenvalue weighted by molar-refractivity contribution is 5.82. The molecule has 1 saturated heterocycles. The Hall–Kier alpha value is -1.27. The van der Waals surface area contributed by atoms with E-state index in [1.165, 1.54) is 0 Å². The zero-order chi connectivity index (χ0) is 16.8. The average molecular weight is 321 g/mol. The lowest BCUT2D eigenvalue weighted by molar-refractivity contribution is -0.227. The summed E-state index contributed by atoms with van der Waals surface area (Å²) in [6, 6.07) is 0. The Morgan fingerprint density at radius 3 is 2.32 bits per heavy atom. The molecule has 2 fully saturated rings. The minimum absolute atomic E-state index is 0.00617. The van der Waals surface area contributed by atoms with E-state index in [4.69, 9.17) is 5.11 Å². The van der Waals surface area contributed by atoms with Gasteiger partial charge in [0.25, 0.3) is 0 Å². The van der Waals surface area contributed by atoms with E-state index in [-0.39, 0.29) is 23.8 Å². The van der Waals surface area contributed by atoms with Crippen molar-refractivity contribution in [3.8, 4) is 0 Å². The van der Waals surface area contributed by atoms with Gasteiger partial charge in [-0.3, -0.25) is 9.59 Å². The molecule has 126 valence electrons. The zero-order valence-corrected chi connectivity index (χ0v) is 12.9. The highest BCUT2D eigenvalue weighted by Gasteiger charge is 2.64. The lowest BCUT2D eigenvalue weighted by Gasteiger charge is -2.36. The van der Waals surface area contributed by atoms with E-state index in [2.05, 4.69) is 0 Å². The maximum Gasteiger partial charge on any atom is 0.406 e. The van der Waals surface area contributed by atoms with E-state index in [0.29, 0.717) is 12.8 Å². The van der Waals surface area contributed by atoms with E-state index in [1.807, 2.05) is 13.8 Å². The summed E-state index contributed by atoms with van der Waals surface area (Å²) in [6.07, 6.45) is -2.22. The van der Waals surface area contributed by atoms with E-state index in [1.54, 1.807) is 0 Å². The van der Waals surface area contributed by atoms with Crippen LogP contribution in [0.4, 0.5) is 13.2 Å². The van der Waals surface area contributed by atoms with Gasteiger partial charge in [0, 0.05) is 19.0 Å². The number of carbonyl (C=O) groups excluding carboxylic acids is 1. The van der Waals surface area contributed by atoms with Crippen molar-refractivity contribution in [3.63, 3.8) is 0 Å². The third-order valence-electron chi connectivity index (χ3n) is 5.09. The summed E-state index contributed by atoms with van der Waals surface area (Å²) in [4.78, 5) is 24.8.